The maximum atomic E-state index is 12.4. The molecule has 1 heterocycles. The summed E-state index contributed by atoms with van der Waals surface area (Å²) in [4.78, 5) is 14.4. The Hall–Kier alpha value is -0.570. The lowest BCUT2D eigenvalue weighted by molar-refractivity contribution is -0.137. The zero-order chi connectivity index (χ0) is 13.1. The van der Waals surface area contributed by atoms with Crippen LogP contribution >= 0.6 is 0 Å². The molecule has 1 rings (SSSR count). The fourth-order valence-electron chi connectivity index (χ4n) is 2.89. The Bertz CT molecular complexity index is 263. The maximum Gasteiger partial charge on any atom is 0.242 e. The number of carbonyl (C=O) groups is 1. The van der Waals surface area contributed by atoms with E-state index >= 15 is 0 Å². The number of likely N-dealkylation sites (tertiary alicyclic amines) is 1. The van der Waals surface area contributed by atoms with Crippen LogP contribution in [0.3, 0.4) is 0 Å². The van der Waals surface area contributed by atoms with E-state index in [0.29, 0.717) is 5.92 Å². The summed E-state index contributed by atoms with van der Waals surface area (Å²) in [6.07, 6.45) is 4.06. The molecule has 100 valence electrons. The minimum absolute atomic E-state index is 0.139. The normalized spacial score (nSPS) is 29.6. The molecule has 0 radical (unpaired) electrons. The van der Waals surface area contributed by atoms with Gasteiger partial charge in [0.05, 0.1) is 5.54 Å². The number of amides is 1. The Kier molecular flexibility index (Phi) is 4.99. The highest BCUT2D eigenvalue weighted by Gasteiger charge is 2.33. The van der Waals surface area contributed by atoms with Crippen LogP contribution in [0, 0.1) is 11.8 Å². The van der Waals surface area contributed by atoms with Crippen molar-refractivity contribution in [3.63, 3.8) is 0 Å². The first-order valence-corrected chi connectivity index (χ1v) is 6.95. The highest BCUT2D eigenvalue weighted by molar-refractivity contribution is 5.85. The molecule has 0 spiro atoms. The highest BCUT2D eigenvalue weighted by atomic mass is 16.2. The Morgan fingerprint density at radius 2 is 2.06 bits per heavy atom. The smallest absolute Gasteiger partial charge is 0.242 e. The fraction of sp³-hybridized carbons (Fsp3) is 0.929. The molecular weight excluding hydrogens is 212 g/mol. The Morgan fingerprint density at radius 1 is 1.41 bits per heavy atom. The topological polar surface area (TPSA) is 46.3 Å². The average Bonchev–Trinajstić information content (AvgIpc) is 2.38. The van der Waals surface area contributed by atoms with E-state index in [2.05, 4.69) is 20.8 Å². The highest BCUT2D eigenvalue weighted by Crippen LogP contribution is 2.23. The number of nitrogens with two attached hydrogens (primary N) is 1. The minimum atomic E-state index is -0.679. The fourth-order valence-corrected chi connectivity index (χ4v) is 2.89. The molecule has 1 saturated heterocycles. The van der Waals surface area contributed by atoms with Crippen LogP contribution in [0.5, 0.6) is 0 Å². The second kappa shape index (κ2) is 5.85. The van der Waals surface area contributed by atoms with Gasteiger partial charge in [-0.25, -0.2) is 0 Å². The lowest BCUT2D eigenvalue weighted by Crippen LogP contribution is -2.53. The van der Waals surface area contributed by atoms with E-state index in [9.17, 15) is 4.79 Å². The van der Waals surface area contributed by atoms with Crippen LogP contribution in [-0.2, 0) is 4.79 Å². The van der Waals surface area contributed by atoms with Crippen LogP contribution < -0.4 is 5.73 Å². The van der Waals surface area contributed by atoms with Gasteiger partial charge in [-0.15, -0.1) is 0 Å². The Balaban J connectivity index is 2.68. The van der Waals surface area contributed by atoms with Crippen molar-refractivity contribution < 1.29 is 4.79 Å². The molecule has 1 aliphatic heterocycles. The van der Waals surface area contributed by atoms with E-state index in [1.54, 1.807) is 0 Å². The van der Waals surface area contributed by atoms with Crippen molar-refractivity contribution in [3.05, 3.63) is 0 Å². The lowest BCUT2D eigenvalue weighted by atomic mass is 9.95. The molecule has 0 aromatic heterocycles. The molecule has 0 saturated carbocycles. The van der Waals surface area contributed by atoms with Crippen molar-refractivity contribution in [3.8, 4) is 0 Å². The van der Waals surface area contributed by atoms with Crippen LogP contribution in [-0.4, -0.2) is 29.4 Å². The summed E-state index contributed by atoms with van der Waals surface area (Å²) in [5.41, 5.74) is 5.46. The van der Waals surface area contributed by atoms with E-state index in [-0.39, 0.29) is 5.91 Å². The standard InChI is InChI=1S/C14H28N2O/c1-5-7-14(4,15)13(17)16-8-6-11(2)9-12(3)10-16/h11-12H,5-10,15H2,1-4H3. The first-order valence-electron chi connectivity index (χ1n) is 6.95. The van der Waals surface area contributed by atoms with Crippen LogP contribution in [0.4, 0.5) is 0 Å². The zero-order valence-electron chi connectivity index (χ0n) is 11.8. The second-order valence-corrected chi connectivity index (χ2v) is 6.15. The van der Waals surface area contributed by atoms with Gasteiger partial charge in [-0.05, 0) is 38.0 Å². The van der Waals surface area contributed by atoms with Crippen LogP contribution in [0.1, 0.15) is 53.4 Å². The first kappa shape index (κ1) is 14.5. The van der Waals surface area contributed by atoms with E-state index in [4.69, 9.17) is 5.73 Å². The van der Waals surface area contributed by atoms with Gasteiger partial charge in [0.15, 0.2) is 0 Å². The number of carbonyl (C=O) groups excluding carboxylic acids is 1. The van der Waals surface area contributed by atoms with Gasteiger partial charge in [-0.3, -0.25) is 4.79 Å². The summed E-state index contributed by atoms with van der Waals surface area (Å²) in [6.45, 7) is 10.2. The Morgan fingerprint density at radius 3 is 2.65 bits per heavy atom. The van der Waals surface area contributed by atoms with Gasteiger partial charge in [0.1, 0.15) is 0 Å². The predicted octanol–water partition coefficient (Wildman–Crippen LogP) is 2.40. The number of nitrogens with zero attached hydrogens (tertiary/aromatic N) is 1. The van der Waals surface area contributed by atoms with Gasteiger partial charge >= 0.3 is 0 Å². The summed E-state index contributed by atoms with van der Waals surface area (Å²) in [6, 6.07) is 0. The predicted molar refractivity (Wildman–Crippen MR) is 71.6 cm³/mol. The molecule has 2 N–H and O–H groups in total. The third-order valence-electron chi connectivity index (χ3n) is 3.77. The third kappa shape index (κ3) is 3.98. The van der Waals surface area contributed by atoms with Gasteiger partial charge in [-0.2, -0.15) is 0 Å². The van der Waals surface area contributed by atoms with Crippen molar-refractivity contribution in [1.82, 2.24) is 4.90 Å². The first-order chi connectivity index (χ1) is 7.86. The molecule has 1 fully saturated rings. The zero-order valence-corrected chi connectivity index (χ0v) is 11.8. The van der Waals surface area contributed by atoms with Crippen molar-refractivity contribution >= 4 is 5.91 Å². The summed E-state index contributed by atoms with van der Waals surface area (Å²) >= 11 is 0. The van der Waals surface area contributed by atoms with E-state index in [0.717, 1.165) is 38.3 Å². The molecule has 1 amide bonds. The maximum absolute atomic E-state index is 12.4. The summed E-state index contributed by atoms with van der Waals surface area (Å²) < 4.78 is 0. The van der Waals surface area contributed by atoms with E-state index < -0.39 is 5.54 Å². The minimum Gasteiger partial charge on any atom is -0.341 e. The van der Waals surface area contributed by atoms with E-state index in [1.807, 2.05) is 11.8 Å². The van der Waals surface area contributed by atoms with Gasteiger partial charge in [0.25, 0.3) is 0 Å². The summed E-state index contributed by atoms with van der Waals surface area (Å²) in [5.74, 6) is 1.45. The van der Waals surface area contributed by atoms with E-state index in [1.165, 1.54) is 6.42 Å². The molecule has 0 aromatic rings. The molecule has 0 bridgehead atoms. The molecule has 3 atom stereocenters. The molecule has 3 unspecified atom stereocenters. The third-order valence-corrected chi connectivity index (χ3v) is 3.77. The molecule has 0 aliphatic carbocycles. The van der Waals surface area contributed by atoms with Crippen molar-refractivity contribution in [2.45, 2.75) is 58.9 Å². The lowest BCUT2D eigenvalue weighted by Gasteiger charge is -2.32. The number of hydrogen-bond acceptors (Lipinski definition) is 2. The van der Waals surface area contributed by atoms with Gasteiger partial charge < -0.3 is 10.6 Å². The summed E-state index contributed by atoms with van der Waals surface area (Å²) in [7, 11) is 0. The van der Waals surface area contributed by atoms with Crippen molar-refractivity contribution in [1.29, 1.82) is 0 Å². The van der Waals surface area contributed by atoms with Crippen LogP contribution in [0.25, 0.3) is 0 Å². The van der Waals surface area contributed by atoms with Crippen LogP contribution in [0.2, 0.25) is 0 Å². The second-order valence-electron chi connectivity index (χ2n) is 6.15. The van der Waals surface area contributed by atoms with Crippen LogP contribution in [0.15, 0.2) is 0 Å². The molecule has 0 aromatic carbocycles. The average molecular weight is 240 g/mol. The molecule has 3 nitrogen and oxygen atoms in total. The van der Waals surface area contributed by atoms with Gasteiger partial charge in [0.2, 0.25) is 5.91 Å². The molecule has 1 aliphatic rings. The quantitative estimate of drug-likeness (QED) is 0.823. The van der Waals surface area contributed by atoms with Crippen molar-refractivity contribution in [2.75, 3.05) is 13.1 Å². The molecular formula is C14H28N2O. The molecule has 3 heteroatoms. The van der Waals surface area contributed by atoms with Gasteiger partial charge in [-0.1, -0.05) is 27.2 Å². The SMILES string of the molecule is CCCC(C)(N)C(=O)N1CCC(C)CC(C)C1. The molecule has 17 heavy (non-hydrogen) atoms. The largest absolute Gasteiger partial charge is 0.341 e. The number of rotatable bonds is 3. The summed E-state index contributed by atoms with van der Waals surface area (Å²) in [5, 5.41) is 0. The van der Waals surface area contributed by atoms with Crippen molar-refractivity contribution in [2.24, 2.45) is 17.6 Å². The monoisotopic (exact) mass is 240 g/mol. The number of hydrogen-bond donors (Lipinski definition) is 1. The Labute approximate surface area is 106 Å². The van der Waals surface area contributed by atoms with Gasteiger partial charge in [0, 0.05) is 13.1 Å².